The van der Waals surface area contributed by atoms with Crippen molar-refractivity contribution in [2.75, 3.05) is 40.9 Å². The average molecular weight is 981 g/mol. The number of unbranched alkanes of at least 4 members (excludes halogenated alkanes) is 37. The van der Waals surface area contributed by atoms with Crippen LogP contribution in [0.2, 0.25) is 0 Å². The van der Waals surface area contributed by atoms with Crippen LogP contribution in [0.4, 0.5) is 0 Å². The highest BCUT2D eigenvalue weighted by molar-refractivity contribution is 7.47. The summed E-state index contributed by atoms with van der Waals surface area (Å²) in [6.45, 7) is 4.83. The van der Waals surface area contributed by atoms with Gasteiger partial charge in [0.1, 0.15) is 13.2 Å². The molecule has 402 valence electrons. The van der Waals surface area contributed by atoms with Gasteiger partial charge >= 0.3 is 7.82 Å². The Hall–Kier alpha value is -1.28. The number of aliphatic hydroxyl groups is 1. The largest absolute Gasteiger partial charge is 0.472 e. The second-order valence-corrected chi connectivity index (χ2v) is 22.8. The van der Waals surface area contributed by atoms with E-state index in [4.69, 9.17) is 9.05 Å². The van der Waals surface area contributed by atoms with Crippen LogP contribution in [0.25, 0.3) is 0 Å². The maximum atomic E-state index is 13.0. The Morgan fingerprint density at radius 2 is 0.809 bits per heavy atom. The molecule has 9 heteroatoms. The number of nitrogens with zero attached hydrogens (tertiary/aromatic N) is 1. The monoisotopic (exact) mass is 980 g/mol. The molecule has 0 spiro atoms. The average Bonchev–Trinajstić information content (AvgIpc) is 3.30. The first-order valence-electron chi connectivity index (χ1n) is 29.4. The summed E-state index contributed by atoms with van der Waals surface area (Å²) >= 11 is 0. The van der Waals surface area contributed by atoms with E-state index >= 15 is 0 Å². The number of hydrogen-bond acceptors (Lipinski definition) is 5. The minimum Gasteiger partial charge on any atom is -0.387 e. The smallest absolute Gasteiger partial charge is 0.387 e. The number of phosphoric acid groups is 1. The standard InChI is InChI=1S/C59H115N2O6P/c1-6-8-10-12-14-16-18-20-22-24-26-27-28-29-30-31-32-33-35-36-38-40-42-44-46-48-50-52-58(62)57(56-67-68(64,65)66-55-54-61(3,4)5)60-59(63)53-51-49-47-45-43-41-39-37-34-25-23-21-19-17-15-13-11-9-7-2/h35-36,42,44,50,52,57-58,62H,6-34,37-41,43,45-49,51,53-56H2,1-5H3,(H-,60,63,64,65)/p+1/b36-35+,44-42+,52-50+. The topological polar surface area (TPSA) is 105 Å². The van der Waals surface area contributed by atoms with Gasteiger partial charge in [-0.1, -0.05) is 269 Å². The molecular weight excluding hydrogens is 864 g/mol. The van der Waals surface area contributed by atoms with Crippen molar-refractivity contribution in [1.29, 1.82) is 0 Å². The summed E-state index contributed by atoms with van der Waals surface area (Å²) in [5.74, 6) is -0.186. The molecule has 0 bridgehead atoms. The van der Waals surface area contributed by atoms with Crippen LogP contribution in [0.1, 0.15) is 284 Å². The molecule has 0 aromatic heterocycles. The zero-order valence-corrected chi connectivity index (χ0v) is 46.8. The molecule has 0 aliphatic rings. The van der Waals surface area contributed by atoms with Crippen LogP contribution in [0.3, 0.4) is 0 Å². The number of likely N-dealkylation sites (N-methyl/N-ethyl adjacent to an activating group) is 1. The second kappa shape index (κ2) is 50.7. The summed E-state index contributed by atoms with van der Waals surface area (Å²) in [7, 11) is 1.56. The van der Waals surface area contributed by atoms with Gasteiger partial charge < -0.3 is 19.8 Å². The molecule has 0 heterocycles. The van der Waals surface area contributed by atoms with Gasteiger partial charge in [-0.3, -0.25) is 13.8 Å². The second-order valence-electron chi connectivity index (χ2n) is 21.4. The number of allylic oxidation sites excluding steroid dienone is 5. The molecule has 0 saturated carbocycles. The fourth-order valence-electron chi connectivity index (χ4n) is 8.72. The number of aliphatic hydroxyl groups excluding tert-OH is 1. The van der Waals surface area contributed by atoms with Crippen molar-refractivity contribution in [2.45, 2.75) is 296 Å². The number of amides is 1. The van der Waals surface area contributed by atoms with Crippen molar-refractivity contribution in [1.82, 2.24) is 5.32 Å². The minimum atomic E-state index is -4.36. The summed E-state index contributed by atoms with van der Waals surface area (Å²) in [5, 5.41) is 13.9. The van der Waals surface area contributed by atoms with Crippen LogP contribution in [0, 0.1) is 0 Å². The van der Waals surface area contributed by atoms with Gasteiger partial charge in [-0.15, -0.1) is 0 Å². The number of quaternary nitrogens is 1. The lowest BCUT2D eigenvalue weighted by molar-refractivity contribution is -0.870. The summed E-state index contributed by atoms with van der Waals surface area (Å²) in [4.78, 5) is 23.3. The maximum Gasteiger partial charge on any atom is 0.472 e. The third-order valence-corrected chi connectivity index (χ3v) is 14.3. The van der Waals surface area contributed by atoms with Crippen LogP contribution in [0.5, 0.6) is 0 Å². The molecule has 0 aromatic rings. The first-order valence-corrected chi connectivity index (χ1v) is 30.9. The lowest BCUT2D eigenvalue weighted by Crippen LogP contribution is -2.45. The number of rotatable bonds is 54. The molecule has 0 fully saturated rings. The van der Waals surface area contributed by atoms with Gasteiger partial charge in [-0.05, 0) is 44.9 Å². The Morgan fingerprint density at radius 3 is 1.18 bits per heavy atom. The first-order chi connectivity index (χ1) is 33.0. The Bertz CT molecular complexity index is 1200. The molecule has 0 saturated heterocycles. The van der Waals surface area contributed by atoms with Gasteiger partial charge in [0, 0.05) is 6.42 Å². The summed E-state index contributed by atoms with van der Waals surface area (Å²) < 4.78 is 23.7. The van der Waals surface area contributed by atoms with Crippen LogP contribution < -0.4 is 5.32 Å². The molecule has 0 rings (SSSR count). The van der Waals surface area contributed by atoms with Crippen molar-refractivity contribution >= 4 is 13.7 Å². The number of phosphoric ester groups is 1. The molecule has 8 nitrogen and oxygen atoms in total. The summed E-state index contributed by atoms with van der Waals surface area (Å²) in [6, 6.07) is -0.868. The molecule has 68 heavy (non-hydrogen) atoms. The Kier molecular flexibility index (Phi) is 49.7. The van der Waals surface area contributed by atoms with Crippen LogP contribution in [-0.4, -0.2) is 73.4 Å². The van der Waals surface area contributed by atoms with E-state index in [1.54, 1.807) is 6.08 Å². The molecule has 0 aliphatic heterocycles. The van der Waals surface area contributed by atoms with E-state index in [1.165, 1.54) is 218 Å². The van der Waals surface area contributed by atoms with E-state index < -0.39 is 20.0 Å². The number of carbonyl (C=O) groups is 1. The van der Waals surface area contributed by atoms with Crippen molar-refractivity contribution in [3.8, 4) is 0 Å². The fourth-order valence-corrected chi connectivity index (χ4v) is 9.46. The van der Waals surface area contributed by atoms with E-state index in [1.807, 2.05) is 27.2 Å². The highest BCUT2D eigenvalue weighted by Crippen LogP contribution is 2.43. The molecule has 3 atom stereocenters. The third-order valence-electron chi connectivity index (χ3n) is 13.3. The summed E-state index contributed by atoms with van der Waals surface area (Å²) in [6.07, 6.45) is 65.4. The number of hydrogen-bond donors (Lipinski definition) is 3. The predicted octanol–water partition coefficient (Wildman–Crippen LogP) is 17.8. The van der Waals surface area contributed by atoms with E-state index in [9.17, 15) is 19.4 Å². The van der Waals surface area contributed by atoms with E-state index in [0.717, 1.165) is 44.9 Å². The van der Waals surface area contributed by atoms with Crippen molar-refractivity contribution in [2.24, 2.45) is 0 Å². The van der Waals surface area contributed by atoms with Gasteiger partial charge in [0.25, 0.3) is 0 Å². The molecule has 3 N–H and O–H groups in total. The molecule has 1 amide bonds. The summed E-state index contributed by atoms with van der Waals surface area (Å²) in [5.41, 5.74) is 0. The first kappa shape index (κ1) is 66.7. The van der Waals surface area contributed by atoms with Crippen molar-refractivity contribution in [3.63, 3.8) is 0 Å². The Morgan fingerprint density at radius 1 is 0.485 bits per heavy atom. The van der Waals surface area contributed by atoms with E-state index in [-0.39, 0.29) is 19.1 Å². The molecular formula is C59H116N2O6P+. The Balaban J connectivity index is 4.25. The SMILES string of the molecule is CCCCCCCCCCCCCCCCCCC/C=C/CC/C=C/CC/C=C/C(O)C(COP(=O)(O)OCC[N+](C)(C)C)NC(=O)CCCCCCCCCCCCCCCCCCCCC. The number of nitrogens with one attached hydrogen (secondary N) is 1. The quantitative estimate of drug-likeness (QED) is 0.0243. The maximum absolute atomic E-state index is 13.0. The minimum absolute atomic E-state index is 0.0551. The van der Waals surface area contributed by atoms with Gasteiger partial charge in [-0.2, -0.15) is 0 Å². The number of carbonyl (C=O) groups excluding carboxylic acids is 1. The Labute approximate surface area is 423 Å². The molecule has 0 radical (unpaired) electrons. The highest BCUT2D eigenvalue weighted by Gasteiger charge is 2.27. The van der Waals surface area contributed by atoms with Crippen LogP contribution in [0.15, 0.2) is 36.5 Å². The van der Waals surface area contributed by atoms with Crippen molar-refractivity contribution in [3.05, 3.63) is 36.5 Å². The predicted molar refractivity (Wildman–Crippen MR) is 295 cm³/mol. The van der Waals surface area contributed by atoms with Gasteiger partial charge in [0.05, 0.1) is 39.9 Å². The van der Waals surface area contributed by atoms with Gasteiger partial charge in [0.15, 0.2) is 0 Å². The lowest BCUT2D eigenvalue weighted by atomic mass is 10.0. The molecule has 0 aromatic carbocycles. The fraction of sp³-hybridized carbons (Fsp3) is 0.881. The van der Waals surface area contributed by atoms with Gasteiger partial charge in [-0.25, -0.2) is 4.57 Å². The molecule has 3 unspecified atom stereocenters. The zero-order valence-electron chi connectivity index (χ0n) is 45.9. The lowest BCUT2D eigenvalue weighted by Gasteiger charge is -2.25. The van der Waals surface area contributed by atoms with E-state index in [0.29, 0.717) is 17.4 Å². The third kappa shape index (κ3) is 52.5. The zero-order chi connectivity index (χ0) is 49.9. The highest BCUT2D eigenvalue weighted by atomic mass is 31.2. The normalized spacial score (nSPS) is 14.2. The molecule has 0 aliphatic carbocycles. The van der Waals surface area contributed by atoms with E-state index in [2.05, 4.69) is 43.5 Å². The van der Waals surface area contributed by atoms with Gasteiger partial charge in [0.2, 0.25) is 5.91 Å². The van der Waals surface area contributed by atoms with Crippen LogP contribution >= 0.6 is 7.82 Å². The van der Waals surface area contributed by atoms with Crippen molar-refractivity contribution < 1.29 is 32.9 Å². The van der Waals surface area contributed by atoms with Crippen LogP contribution in [-0.2, 0) is 18.4 Å².